The molecule has 0 heterocycles. The second kappa shape index (κ2) is 5.75. The number of hydrogen-bond donors (Lipinski definition) is 1. The van der Waals surface area contributed by atoms with Crippen molar-refractivity contribution in [1.82, 2.24) is 5.32 Å². The summed E-state index contributed by atoms with van der Waals surface area (Å²) in [6.07, 6.45) is 9.97. The maximum atomic E-state index is 3.71. The molecule has 0 amide bonds. The first-order valence-corrected chi connectivity index (χ1v) is 6.39. The Morgan fingerprint density at radius 3 is 2.14 bits per heavy atom. The molecule has 1 nitrogen and oxygen atoms in total. The molecule has 0 aromatic carbocycles. The fourth-order valence-electron chi connectivity index (χ4n) is 2.11. The predicted octanol–water partition coefficient (Wildman–Crippen LogP) is 3.74. The van der Waals surface area contributed by atoms with Crippen molar-refractivity contribution in [2.75, 3.05) is 6.54 Å². The van der Waals surface area contributed by atoms with Gasteiger partial charge in [-0.05, 0) is 45.6 Å². The number of rotatable bonds is 4. The van der Waals surface area contributed by atoms with Crippen molar-refractivity contribution in [2.45, 2.75) is 71.3 Å². The molecule has 0 bridgehead atoms. The molecule has 84 valence electrons. The lowest BCUT2D eigenvalue weighted by molar-refractivity contribution is 0.322. The summed E-state index contributed by atoms with van der Waals surface area (Å²) < 4.78 is 0. The highest BCUT2D eigenvalue weighted by atomic mass is 14.9. The largest absolute Gasteiger partial charge is 0.312 e. The maximum Gasteiger partial charge on any atom is 0.0122 e. The Morgan fingerprint density at radius 1 is 1.07 bits per heavy atom. The van der Waals surface area contributed by atoms with E-state index >= 15 is 0 Å². The maximum absolute atomic E-state index is 3.71. The van der Waals surface area contributed by atoms with Crippen LogP contribution in [-0.4, -0.2) is 12.1 Å². The second-order valence-corrected chi connectivity index (χ2v) is 5.48. The van der Waals surface area contributed by atoms with Gasteiger partial charge in [0.15, 0.2) is 0 Å². The molecule has 0 saturated heterocycles. The molecule has 14 heavy (non-hydrogen) atoms. The van der Waals surface area contributed by atoms with Gasteiger partial charge in [0.25, 0.3) is 0 Å². The minimum absolute atomic E-state index is 0.340. The summed E-state index contributed by atoms with van der Waals surface area (Å²) in [6.45, 7) is 8.12. The highest BCUT2D eigenvalue weighted by Gasteiger charge is 2.17. The summed E-state index contributed by atoms with van der Waals surface area (Å²) in [5, 5.41) is 3.71. The normalized spacial score (nSPS) is 20.8. The first-order chi connectivity index (χ1) is 6.64. The van der Waals surface area contributed by atoms with Crippen LogP contribution < -0.4 is 5.32 Å². The van der Waals surface area contributed by atoms with E-state index in [1.54, 1.807) is 0 Å². The van der Waals surface area contributed by atoms with Crippen LogP contribution in [0, 0.1) is 5.92 Å². The Kier molecular flexibility index (Phi) is 4.94. The second-order valence-electron chi connectivity index (χ2n) is 5.48. The molecule has 1 fully saturated rings. The third-order valence-electron chi connectivity index (χ3n) is 3.73. The van der Waals surface area contributed by atoms with E-state index in [4.69, 9.17) is 0 Å². The molecule has 1 aliphatic carbocycles. The van der Waals surface area contributed by atoms with E-state index in [0.29, 0.717) is 5.54 Å². The van der Waals surface area contributed by atoms with Gasteiger partial charge in [-0.15, -0.1) is 0 Å². The lowest BCUT2D eigenvalue weighted by Gasteiger charge is -2.27. The van der Waals surface area contributed by atoms with Crippen molar-refractivity contribution in [3.05, 3.63) is 0 Å². The van der Waals surface area contributed by atoms with E-state index in [2.05, 4.69) is 26.1 Å². The quantitative estimate of drug-likeness (QED) is 0.677. The van der Waals surface area contributed by atoms with Gasteiger partial charge >= 0.3 is 0 Å². The van der Waals surface area contributed by atoms with Crippen LogP contribution in [0.15, 0.2) is 0 Å². The Bertz CT molecular complexity index is 143. The van der Waals surface area contributed by atoms with E-state index in [0.717, 1.165) is 5.92 Å². The SMILES string of the molecule is CCC(C)(C)NCC1CCCCCC1. The third-order valence-corrected chi connectivity index (χ3v) is 3.73. The Morgan fingerprint density at radius 2 is 1.64 bits per heavy atom. The molecule has 0 aromatic rings. The van der Waals surface area contributed by atoms with Crippen LogP contribution in [0.1, 0.15) is 65.7 Å². The molecule has 1 rings (SSSR count). The predicted molar refractivity (Wildman–Crippen MR) is 63.6 cm³/mol. The first-order valence-electron chi connectivity index (χ1n) is 6.39. The van der Waals surface area contributed by atoms with Gasteiger partial charge in [0.1, 0.15) is 0 Å². The Balaban J connectivity index is 2.22. The molecule has 0 radical (unpaired) electrons. The number of hydrogen-bond acceptors (Lipinski definition) is 1. The summed E-state index contributed by atoms with van der Waals surface area (Å²) >= 11 is 0. The molecule has 0 aromatic heterocycles. The summed E-state index contributed by atoms with van der Waals surface area (Å²) in [5.74, 6) is 0.948. The molecule has 1 N–H and O–H groups in total. The van der Waals surface area contributed by atoms with Gasteiger partial charge in [0.2, 0.25) is 0 Å². The minimum atomic E-state index is 0.340. The van der Waals surface area contributed by atoms with Gasteiger partial charge in [-0.1, -0.05) is 32.6 Å². The van der Waals surface area contributed by atoms with E-state index in [9.17, 15) is 0 Å². The molecular formula is C13H27N. The minimum Gasteiger partial charge on any atom is -0.312 e. The molecule has 0 spiro atoms. The molecule has 1 aliphatic rings. The van der Waals surface area contributed by atoms with Gasteiger partial charge in [-0.2, -0.15) is 0 Å². The highest BCUT2D eigenvalue weighted by Crippen LogP contribution is 2.22. The van der Waals surface area contributed by atoms with Crippen LogP contribution in [0.2, 0.25) is 0 Å². The van der Waals surface area contributed by atoms with Crippen LogP contribution >= 0.6 is 0 Å². The van der Waals surface area contributed by atoms with Crippen molar-refractivity contribution in [2.24, 2.45) is 5.92 Å². The summed E-state index contributed by atoms with van der Waals surface area (Å²) in [6, 6.07) is 0. The van der Waals surface area contributed by atoms with Gasteiger partial charge in [0.05, 0.1) is 0 Å². The van der Waals surface area contributed by atoms with Gasteiger partial charge < -0.3 is 5.32 Å². The molecule has 0 aliphatic heterocycles. The highest BCUT2D eigenvalue weighted by molar-refractivity contribution is 4.77. The lowest BCUT2D eigenvalue weighted by atomic mass is 9.96. The molecule has 0 atom stereocenters. The van der Waals surface area contributed by atoms with E-state index in [1.807, 2.05) is 0 Å². The third kappa shape index (κ3) is 4.45. The average Bonchev–Trinajstić information content (AvgIpc) is 2.43. The van der Waals surface area contributed by atoms with Crippen molar-refractivity contribution in [3.8, 4) is 0 Å². The zero-order valence-corrected chi connectivity index (χ0v) is 10.2. The Hall–Kier alpha value is -0.0400. The summed E-state index contributed by atoms with van der Waals surface area (Å²) in [7, 11) is 0. The topological polar surface area (TPSA) is 12.0 Å². The zero-order valence-electron chi connectivity index (χ0n) is 10.2. The van der Waals surface area contributed by atoms with Gasteiger partial charge in [0, 0.05) is 5.54 Å². The monoisotopic (exact) mass is 197 g/mol. The average molecular weight is 197 g/mol. The fraction of sp³-hybridized carbons (Fsp3) is 1.00. The summed E-state index contributed by atoms with van der Waals surface area (Å²) in [4.78, 5) is 0. The molecule has 1 saturated carbocycles. The Labute approximate surface area is 89.7 Å². The van der Waals surface area contributed by atoms with E-state index in [1.165, 1.54) is 51.5 Å². The fourth-order valence-corrected chi connectivity index (χ4v) is 2.11. The van der Waals surface area contributed by atoms with Crippen molar-refractivity contribution in [1.29, 1.82) is 0 Å². The zero-order chi connectivity index (χ0) is 10.4. The first kappa shape index (κ1) is 12.0. The van der Waals surface area contributed by atoms with Crippen LogP contribution in [-0.2, 0) is 0 Å². The molecular weight excluding hydrogens is 170 g/mol. The smallest absolute Gasteiger partial charge is 0.0122 e. The van der Waals surface area contributed by atoms with Crippen molar-refractivity contribution >= 4 is 0 Å². The lowest BCUT2D eigenvalue weighted by Crippen LogP contribution is -2.41. The standard InChI is InChI=1S/C13H27N/c1-4-13(2,3)14-11-12-9-7-5-6-8-10-12/h12,14H,4-11H2,1-3H3. The van der Waals surface area contributed by atoms with E-state index < -0.39 is 0 Å². The van der Waals surface area contributed by atoms with Crippen LogP contribution in [0.25, 0.3) is 0 Å². The van der Waals surface area contributed by atoms with Gasteiger partial charge in [-0.25, -0.2) is 0 Å². The summed E-state index contributed by atoms with van der Waals surface area (Å²) in [5.41, 5.74) is 0.340. The van der Waals surface area contributed by atoms with E-state index in [-0.39, 0.29) is 0 Å². The van der Waals surface area contributed by atoms with Crippen LogP contribution in [0.5, 0.6) is 0 Å². The van der Waals surface area contributed by atoms with Crippen LogP contribution in [0.4, 0.5) is 0 Å². The number of nitrogens with one attached hydrogen (secondary N) is 1. The molecule has 0 unspecified atom stereocenters. The van der Waals surface area contributed by atoms with Gasteiger partial charge in [-0.3, -0.25) is 0 Å². The molecule has 1 heteroatoms. The van der Waals surface area contributed by atoms with Crippen LogP contribution in [0.3, 0.4) is 0 Å². The van der Waals surface area contributed by atoms with Crippen molar-refractivity contribution < 1.29 is 0 Å². The van der Waals surface area contributed by atoms with Crippen molar-refractivity contribution in [3.63, 3.8) is 0 Å².